The largest absolute Gasteiger partial charge is 0.399 e. The summed E-state index contributed by atoms with van der Waals surface area (Å²) in [6, 6.07) is 5.47. The summed E-state index contributed by atoms with van der Waals surface area (Å²) in [6.07, 6.45) is -0.724. The van der Waals surface area contributed by atoms with Crippen LogP contribution in [0.3, 0.4) is 0 Å². The molecule has 2 rings (SSSR count). The van der Waals surface area contributed by atoms with Gasteiger partial charge in [0.15, 0.2) is 0 Å². The van der Waals surface area contributed by atoms with E-state index in [1.807, 2.05) is 19.1 Å². The third kappa shape index (κ3) is 2.45. The Labute approximate surface area is 110 Å². The van der Waals surface area contributed by atoms with E-state index in [4.69, 9.17) is 11.5 Å². The van der Waals surface area contributed by atoms with Crippen LogP contribution in [0, 0.1) is 0 Å². The Morgan fingerprint density at radius 3 is 2.94 bits per heavy atom. The van der Waals surface area contributed by atoms with Crippen LogP contribution in [0.25, 0.3) is 0 Å². The average molecular weight is 267 g/mol. The number of amides is 1. The Hall–Kier alpha value is -1.24. The maximum absolute atomic E-state index is 12.2. The predicted molar refractivity (Wildman–Crippen MR) is 73.6 cm³/mol. The highest BCUT2D eigenvalue weighted by Gasteiger charge is 2.31. The summed E-state index contributed by atoms with van der Waals surface area (Å²) >= 11 is 1.51. The molecule has 6 heteroatoms. The second-order valence-corrected chi connectivity index (χ2v) is 5.71. The van der Waals surface area contributed by atoms with Gasteiger partial charge >= 0.3 is 0 Å². The Morgan fingerprint density at radius 1 is 1.56 bits per heavy atom. The molecule has 0 aliphatic carbocycles. The number of rotatable bonds is 3. The van der Waals surface area contributed by atoms with Crippen molar-refractivity contribution in [2.45, 2.75) is 23.2 Å². The van der Waals surface area contributed by atoms with Crippen LogP contribution in [0.1, 0.15) is 6.92 Å². The van der Waals surface area contributed by atoms with E-state index >= 15 is 0 Å². The number of aliphatic hydroxyl groups excluding tert-OH is 1. The number of benzene rings is 1. The number of thioether (sulfide) groups is 1. The van der Waals surface area contributed by atoms with Gasteiger partial charge in [-0.05, 0) is 25.1 Å². The average Bonchev–Trinajstić information content (AvgIpc) is 2.35. The lowest BCUT2D eigenvalue weighted by Gasteiger charge is -2.33. The summed E-state index contributed by atoms with van der Waals surface area (Å²) in [5.74, 6) is -0.0226. The van der Waals surface area contributed by atoms with E-state index in [1.54, 1.807) is 11.0 Å². The Kier molecular flexibility index (Phi) is 3.79. The highest BCUT2D eigenvalue weighted by molar-refractivity contribution is 8.00. The van der Waals surface area contributed by atoms with Gasteiger partial charge in [-0.2, -0.15) is 0 Å². The monoisotopic (exact) mass is 267 g/mol. The van der Waals surface area contributed by atoms with Gasteiger partial charge in [-0.1, -0.05) is 0 Å². The summed E-state index contributed by atoms with van der Waals surface area (Å²) < 4.78 is 0. The molecule has 1 amide bonds. The minimum atomic E-state index is -0.724. The molecule has 0 radical (unpaired) electrons. The summed E-state index contributed by atoms with van der Waals surface area (Å²) in [7, 11) is 0. The molecular weight excluding hydrogens is 250 g/mol. The van der Waals surface area contributed by atoms with Crippen LogP contribution >= 0.6 is 11.8 Å². The van der Waals surface area contributed by atoms with E-state index in [0.29, 0.717) is 5.69 Å². The molecule has 0 bridgehead atoms. The molecule has 5 nitrogen and oxygen atoms in total. The first kappa shape index (κ1) is 13.2. The van der Waals surface area contributed by atoms with Crippen molar-refractivity contribution in [2.75, 3.05) is 23.7 Å². The van der Waals surface area contributed by atoms with E-state index in [-0.39, 0.29) is 24.2 Å². The van der Waals surface area contributed by atoms with E-state index in [0.717, 1.165) is 10.6 Å². The summed E-state index contributed by atoms with van der Waals surface area (Å²) in [6.45, 7) is 2.19. The van der Waals surface area contributed by atoms with Crippen LogP contribution in [-0.4, -0.2) is 35.5 Å². The second kappa shape index (κ2) is 5.17. The lowest BCUT2D eigenvalue weighted by molar-refractivity contribution is -0.118. The normalized spacial score (nSPS) is 20.7. The molecule has 1 aliphatic heterocycles. The van der Waals surface area contributed by atoms with Crippen molar-refractivity contribution in [3.63, 3.8) is 0 Å². The number of β-amino-alcohol motifs (C(OH)–C–C–N with tert-alkyl or cyclic N) is 1. The molecule has 1 aromatic carbocycles. The first-order chi connectivity index (χ1) is 8.52. The molecule has 0 saturated carbocycles. The number of hydrogen-bond acceptors (Lipinski definition) is 5. The minimum absolute atomic E-state index is 0.0226. The fraction of sp³-hybridized carbons (Fsp3) is 0.417. The molecule has 98 valence electrons. The third-order valence-corrected chi connectivity index (χ3v) is 4.01. The molecule has 2 atom stereocenters. The van der Waals surface area contributed by atoms with Gasteiger partial charge in [0.05, 0.1) is 23.6 Å². The number of hydrogen-bond donors (Lipinski definition) is 3. The van der Waals surface area contributed by atoms with Gasteiger partial charge in [-0.15, -0.1) is 11.8 Å². The van der Waals surface area contributed by atoms with Crippen LogP contribution in [0.4, 0.5) is 11.4 Å². The topological polar surface area (TPSA) is 92.6 Å². The van der Waals surface area contributed by atoms with Crippen LogP contribution in [0.2, 0.25) is 0 Å². The first-order valence-electron chi connectivity index (χ1n) is 5.78. The maximum Gasteiger partial charge on any atom is 0.240 e. The number of nitrogens with zero attached hydrogens (tertiary/aromatic N) is 1. The number of fused-ring (bicyclic) bond motifs is 1. The number of aliphatic hydroxyl groups is 1. The minimum Gasteiger partial charge on any atom is -0.399 e. The standard InChI is InChI=1S/C12H17N3O2S/c1-7-12(17)15(6-9(16)5-13)10-4-8(14)2-3-11(10)18-7/h2-4,7,9,16H,5-6,13-14H2,1H3. The van der Waals surface area contributed by atoms with Crippen LogP contribution < -0.4 is 16.4 Å². The van der Waals surface area contributed by atoms with Crippen LogP contribution in [0.5, 0.6) is 0 Å². The van der Waals surface area contributed by atoms with Crippen molar-refractivity contribution in [1.82, 2.24) is 0 Å². The molecule has 1 aliphatic rings. The van der Waals surface area contributed by atoms with Gasteiger partial charge in [-0.3, -0.25) is 4.79 Å². The molecule has 1 heterocycles. The van der Waals surface area contributed by atoms with Crippen LogP contribution in [-0.2, 0) is 4.79 Å². The van der Waals surface area contributed by atoms with Gasteiger partial charge in [0.25, 0.3) is 0 Å². The van der Waals surface area contributed by atoms with Crippen molar-refractivity contribution in [1.29, 1.82) is 0 Å². The Morgan fingerprint density at radius 2 is 2.28 bits per heavy atom. The van der Waals surface area contributed by atoms with Gasteiger partial charge in [-0.25, -0.2) is 0 Å². The number of nitrogens with two attached hydrogens (primary N) is 2. The molecule has 2 unspecified atom stereocenters. The zero-order chi connectivity index (χ0) is 13.3. The molecule has 18 heavy (non-hydrogen) atoms. The van der Waals surface area contributed by atoms with E-state index in [9.17, 15) is 9.90 Å². The second-order valence-electron chi connectivity index (χ2n) is 4.33. The van der Waals surface area contributed by atoms with Gasteiger partial charge < -0.3 is 21.5 Å². The summed E-state index contributed by atoms with van der Waals surface area (Å²) in [5.41, 5.74) is 12.5. The molecule has 0 fully saturated rings. The lowest BCUT2D eigenvalue weighted by atomic mass is 10.2. The number of anilines is 2. The van der Waals surface area contributed by atoms with E-state index < -0.39 is 6.10 Å². The molecule has 0 spiro atoms. The fourth-order valence-electron chi connectivity index (χ4n) is 1.90. The Balaban J connectivity index is 2.37. The molecule has 0 saturated heterocycles. The molecule has 1 aromatic rings. The summed E-state index contributed by atoms with van der Waals surface area (Å²) in [4.78, 5) is 14.7. The number of carbonyl (C=O) groups excluding carboxylic acids is 1. The zero-order valence-electron chi connectivity index (χ0n) is 10.2. The summed E-state index contributed by atoms with van der Waals surface area (Å²) in [5, 5.41) is 9.49. The zero-order valence-corrected chi connectivity index (χ0v) is 11.0. The van der Waals surface area contributed by atoms with Crippen molar-refractivity contribution in [3.8, 4) is 0 Å². The van der Waals surface area contributed by atoms with Crippen LogP contribution in [0.15, 0.2) is 23.1 Å². The number of carbonyl (C=O) groups is 1. The molecular formula is C12H17N3O2S. The molecule has 5 N–H and O–H groups in total. The van der Waals surface area contributed by atoms with E-state index in [1.165, 1.54) is 11.8 Å². The smallest absolute Gasteiger partial charge is 0.240 e. The lowest BCUT2D eigenvalue weighted by Crippen LogP contribution is -2.45. The van der Waals surface area contributed by atoms with E-state index in [2.05, 4.69) is 0 Å². The van der Waals surface area contributed by atoms with Crippen molar-refractivity contribution in [3.05, 3.63) is 18.2 Å². The highest BCUT2D eigenvalue weighted by atomic mass is 32.2. The van der Waals surface area contributed by atoms with Crippen molar-refractivity contribution in [2.24, 2.45) is 5.73 Å². The first-order valence-corrected chi connectivity index (χ1v) is 6.66. The van der Waals surface area contributed by atoms with Gasteiger partial charge in [0.2, 0.25) is 5.91 Å². The molecule has 0 aromatic heterocycles. The highest BCUT2D eigenvalue weighted by Crippen LogP contribution is 2.40. The fourth-order valence-corrected chi connectivity index (χ4v) is 2.94. The van der Waals surface area contributed by atoms with Gasteiger partial charge in [0, 0.05) is 17.1 Å². The quantitative estimate of drug-likeness (QED) is 0.690. The SMILES string of the molecule is CC1Sc2ccc(N)cc2N(CC(O)CN)C1=O. The Bertz CT molecular complexity index is 467. The predicted octanol–water partition coefficient (Wildman–Crippen LogP) is 0.416. The van der Waals surface area contributed by atoms with Crippen molar-refractivity contribution >= 4 is 29.0 Å². The van der Waals surface area contributed by atoms with Gasteiger partial charge in [0.1, 0.15) is 0 Å². The maximum atomic E-state index is 12.2. The number of nitrogen functional groups attached to an aromatic ring is 1. The van der Waals surface area contributed by atoms with Crippen molar-refractivity contribution < 1.29 is 9.90 Å². The third-order valence-electron chi connectivity index (χ3n) is 2.86.